The first-order chi connectivity index (χ1) is 14.1. The number of piperidine rings is 1. The maximum Gasteiger partial charge on any atom is 0.256 e. The molecule has 1 aromatic carbocycles. The molecular formula is C22H23N3O3S. The number of aromatic nitrogens is 2. The van der Waals surface area contributed by atoms with Crippen LogP contribution >= 0.6 is 11.8 Å². The average Bonchev–Trinajstić information content (AvgIpc) is 3.18. The van der Waals surface area contributed by atoms with Gasteiger partial charge in [0.1, 0.15) is 16.5 Å². The minimum atomic E-state index is 0.0288. The SMILES string of the molecule is Cc1cc(CSc2ncccc2C(=O)N2CCC(c3ccc(O)cc3)CC2)no1. The number of likely N-dealkylation sites (tertiary alicyclic amines) is 1. The van der Waals surface area contributed by atoms with Crippen LogP contribution in [0.15, 0.2) is 58.2 Å². The van der Waals surface area contributed by atoms with Gasteiger partial charge < -0.3 is 14.5 Å². The van der Waals surface area contributed by atoms with E-state index in [0.29, 0.717) is 30.3 Å². The molecule has 3 aromatic rings. The molecule has 0 saturated carbocycles. The first-order valence-corrected chi connectivity index (χ1v) is 10.7. The standard InChI is InChI=1S/C22H23N3O3S/c1-15-13-18(24-28-15)14-29-21-20(3-2-10-23-21)22(27)25-11-8-17(9-12-25)16-4-6-19(26)7-5-16/h2-7,10,13,17,26H,8-9,11-12,14H2,1H3. The number of phenolic OH excluding ortho intramolecular Hbond substituents is 1. The van der Waals surface area contributed by atoms with Crippen LogP contribution in [0, 0.1) is 6.92 Å². The van der Waals surface area contributed by atoms with Crippen LogP contribution in [-0.2, 0) is 5.75 Å². The minimum Gasteiger partial charge on any atom is -0.508 e. The Balaban J connectivity index is 1.40. The van der Waals surface area contributed by atoms with Crippen molar-refractivity contribution in [1.82, 2.24) is 15.0 Å². The molecule has 150 valence electrons. The fraction of sp³-hybridized carbons (Fsp3) is 0.318. The van der Waals surface area contributed by atoms with Crippen LogP contribution in [0.25, 0.3) is 0 Å². The van der Waals surface area contributed by atoms with Gasteiger partial charge in [-0.2, -0.15) is 0 Å². The van der Waals surface area contributed by atoms with Crippen molar-refractivity contribution in [2.75, 3.05) is 13.1 Å². The molecule has 1 N–H and O–H groups in total. The van der Waals surface area contributed by atoms with Crippen LogP contribution in [0.5, 0.6) is 5.75 Å². The van der Waals surface area contributed by atoms with E-state index in [1.807, 2.05) is 36.1 Å². The Morgan fingerprint density at radius 3 is 2.69 bits per heavy atom. The second kappa shape index (κ2) is 8.69. The normalized spacial score (nSPS) is 14.9. The third-order valence-corrected chi connectivity index (χ3v) is 6.22. The summed E-state index contributed by atoms with van der Waals surface area (Å²) in [5.74, 6) is 2.11. The van der Waals surface area contributed by atoms with Gasteiger partial charge in [-0.25, -0.2) is 4.98 Å². The Hall–Kier alpha value is -2.80. The Morgan fingerprint density at radius 1 is 1.24 bits per heavy atom. The highest BCUT2D eigenvalue weighted by atomic mass is 32.2. The molecule has 0 aliphatic carbocycles. The Bertz CT molecular complexity index is 979. The number of aryl methyl sites for hydroxylation is 1. The summed E-state index contributed by atoms with van der Waals surface area (Å²) in [6.07, 6.45) is 3.54. The third-order valence-electron chi connectivity index (χ3n) is 5.18. The van der Waals surface area contributed by atoms with Gasteiger partial charge in [0, 0.05) is 31.1 Å². The Morgan fingerprint density at radius 2 is 2.00 bits per heavy atom. The van der Waals surface area contributed by atoms with E-state index >= 15 is 0 Å². The number of hydrogen-bond donors (Lipinski definition) is 1. The number of rotatable bonds is 5. The van der Waals surface area contributed by atoms with E-state index in [9.17, 15) is 9.90 Å². The molecule has 0 unspecified atom stereocenters. The van der Waals surface area contributed by atoms with Crippen LogP contribution in [0.1, 0.15) is 46.1 Å². The van der Waals surface area contributed by atoms with Crippen molar-refractivity contribution in [2.24, 2.45) is 0 Å². The smallest absolute Gasteiger partial charge is 0.256 e. The van der Waals surface area contributed by atoms with Crippen LogP contribution in [-0.4, -0.2) is 39.1 Å². The number of carbonyl (C=O) groups is 1. The largest absolute Gasteiger partial charge is 0.508 e. The molecule has 0 bridgehead atoms. The minimum absolute atomic E-state index is 0.0288. The predicted molar refractivity (Wildman–Crippen MR) is 111 cm³/mol. The first kappa shape index (κ1) is 19.5. The molecule has 0 radical (unpaired) electrons. The number of benzene rings is 1. The molecule has 3 heterocycles. The Kier molecular flexibility index (Phi) is 5.85. The van der Waals surface area contributed by atoms with E-state index in [-0.39, 0.29) is 11.7 Å². The lowest BCUT2D eigenvalue weighted by molar-refractivity contribution is 0.0708. The number of nitrogens with zero attached hydrogens (tertiary/aromatic N) is 3. The zero-order valence-corrected chi connectivity index (χ0v) is 17.1. The number of pyridine rings is 1. The molecule has 1 aliphatic rings. The summed E-state index contributed by atoms with van der Waals surface area (Å²) in [5.41, 5.74) is 2.70. The van der Waals surface area contributed by atoms with Crippen LogP contribution in [0.4, 0.5) is 0 Å². The average molecular weight is 410 g/mol. The Labute approximate surface area is 173 Å². The summed E-state index contributed by atoms with van der Waals surface area (Å²) in [6, 6.07) is 12.9. The molecule has 1 amide bonds. The number of aromatic hydroxyl groups is 1. The van der Waals surface area contributed by atoms with Crippen molar-refractivity contribution in [3.05, 3.63) is 71.2 Å². The molecule has 1 aliphatic heterocycles. The fourth-order valence-electron chi connectivity index (χ4n) is 3.63. The second-order valence-electron chi connectivity index (χ2n) is 7.23. The van der Waals surface area contributed by atoms with Gasteiger partial charge in [-0.1, -0.05) is 29.1 Å². The lowest BCUT2D eigenvalue weighted by Crippen LogP contribution is -2.38. The predicted octanol–water partition coefficient (Wildman–Crippen LogP) is 4.40. The van der Waals surface area contributed by atoms with Gasteiger partial charge in [0.05, 0.1) is 11.3 Å². The van der Waals surface area contributed by atoms with Gasteiger partial charge in [0.2, 0.25) is 0 Å². The molecule has 0 spiro atoms. The van der Waals surface area contributed by atoms with Gasteiger partial charge in [0.25, 0.3) is 5.91 Å². The van der Waals surface area contributed by atoms with E-state index in [2.05, 4.69) is 10.1 Å². The van der Waals surface area contributed by atoms with Gasteiger partial charge >= 0.3 is 0 Å². The van der Waals surface area contributed by atoms with Gasteiger partial charge in [-0.3, -0.25) is 4.79 Å². The van der Waals surface area contributed by atoms with E-state index in [0.717, 1.165) is 29.3 Å². The third kappa shape index (κ3) is 4.62. The van der Waals surface area contributed by atoms with Crippen molar-refractivity contribution in [1.29, 1.82) is 0 Å². The number of hydrogen-bond acceptors (Lipinski definition) is 6. The highest BCUT2D eigenvalue weighted by Crippen LogP contribution is 2.31. The van der Waals surface area contributed by atoms with Gasteiger partial charge in [-0.05, 0) is 55.5 Å². The van der Waals surface area contributed by atoms with Crippen molar-refractivity contribution in [3.8, 4) is 5.75 Å². The second-order valence-corrected chi connectivity index (χ2v) is 8.20. The molecule has 2 aromatic heterocycles. The van der Waals surface area contributed by atoms with Crippen molar-refractivity contribution < 1.29 is 14.4 Å². The molecule has 29 heavy (non-hydrogen) atoms. The molecule has 7 heteroatoms. The quantitative estimate of drug-likeness (QED) is 0.630. The van der Waals surface area contributed by atoms with Crippen LogP contribution in [0.3, 0.4) is 0 Å². The summed E-state index contributed by atoms with van der Waals surface area (Å²) in [6.45, 7) is 3.29. The lowest BCUT2D eigenvalue weighted by atomic mass is 9.89. The van der Waals surface area contributed by atoms with Gasteiger partial charge in [-0.15, -0.1) is 0 Å². The number of thioether (sulfide) groups is 1. The number of carbonyl (C=O) groups excluding carboxylic acids is 1. The summed E-state index contributed by atoms with van der Waals surface area (Å²) < 4.78 is 5.11. The molecule has 1 fully saturated rings. The van der Waals surface area contributed by atoms with Crippen molar-refractivity contribution in [2.45, 2.75) is 36.5 Å². The molecule has 6 nitrogen and oxygen atoms in total. The summed E-state index contributed by atoms with van der Waals surface area (Å²) in [4.78, 5) is 19.5. The van der Waals surface area contributed by atoms with Crippen molar-refractivity contribution >= 4 is 17.7 Å². The zero-order chi connectivity index (χ0) is 20.2. The van der Waals surface area contributed by atoms with E-state index < -0.39 is 0 Å². The number of amides is 1. The van der Waals surface area contributed by atoms with E-state index in [1.165, 1.54) is 17.3 Å². The van der Waals surface area contributed by atoms with Gasteiger partial charge in [0.15, 0.2) is 0 Å². The van der Waals surface area contributed by atoms with Crippen LogP contribution < -0.4 is 0 Å². The molecular weight excluding hydrogens is 386 g/mol. The molecule has 4 rings (SSSR count). The highest BCUT2D eigenvalue weighted by Gasteiger charge is 2.26. The molecule has 0 atom stereocenters. The maximum atomic E-state index is 13.1. The first-order valence-electron chi connectivity index (χ1n) is 9.68. The topological polar surface area (TPSA) is 79.5 Å². The highest BCUT2D eigenvalue weighted by molar-refractivity contribution is 7.98. The van der Waals surface area contributed by atoms with E-state index in [1.54, 1.807) is 24.4 Å². The summed E-state index contributed by atoms with van der Waals surface area (Å²) in [7, 11) is 0. The zero-order valence-electron chi connectivity index (χ0n) is 16.2. The molecule has 1 saturated heterocycles. The van der Waals surface area contributed by atoms with Crippen molar-refractivity contribution in [3.63, 3.8) is 0 Å². The summed E-state index contributed by atoms with van der Waals surface area (Å²) >= 11 is 1.50. The fourth-order valence-corrected chi connectivity index (χ4v) is 4.50. The lowest BCUT2D eigenvalue weighted by Gasteiger charge is -2.32. The maximum absolute atomic E-state index is 13.1. The number of phenols is 1. The van der Waals surface area contributed by atoms with Crippen LogP contribution in [0.2, 0.25) is 0 Å². The monoisotopic (exact) mass is 409 g/mol. The summed E-state index contributed by atoms with van der Waals surface area (Å²) in [5, 5.41) is 14.2. The van der Waals surface area contributed by atoms with E-state index in [4.69, 9.17) is 4.52 Å².